The zero-order valence-corrected chi connectivity index (χ0v) is 11.7. The normalized spacial score (nSPS) is 16.3. The number of nitrogens with two attached hydrogens (primary N) is 1. The highest BCUT2D eigenvalue weighted by Crippen LogP contribution is 2.31. The molecule has 3 rings (SSSR count). The van der Waals surface area contributed by atoms with Crippen LogP contribution in [0.15, 0.2) is 35.7 Å². The molecule has 100 valence electrons. The molecule has 1 aliphatic carbocycles. The molecule has 19 heavy (non-hydrogen) atoms. The van der Waals surface area contributed by atoms with Crippen LogP contribution in [-0.4, -0.2) is 6.10 Å². The van der Waals surface area contributed by atoms with E-state index in [2.05, 4.69) is 35.9 Å². The van der Waals surface area contributed by atoms with E-state index in [4.69, 9.17) is 10.6 Å². The third kappa shape index (κ3) is 2.81. The Morgan fingerprint density at radius 3 is 2.53 bits per heavy atom. The minimum absolute atomic E-state index is 0.0509. The summed E-state index contributed by atoms with van der Waals surface area (Å²) in [4.78, 5) is 1.26. The first kappa shape index (κ1) is 12.7. The molecular formula is C15H18N2OS. The molecule has 1 atom stereocenters. The molecule has 0 amide bonds. The Morgan fingerprint density at radius 2 is 2.00 bits per heavy atom. The van der Waals surface area contributed by atoms with E-state index in [1.807, 2.05) is 12.1 Å². The molecule has 3 nitrogen and oxygen atoms in total. The van der Waals surface area contributed by atoms with Crippen LogP contribution >= 0.6 is 11.3 Å². The van der Waals surface area contributed by atoms with E-state index in [0.29, 0.717) is 6.10 Å². The molecule has 0 aliphatic heterocycles. The zero-order valence-electron chi connectivity index (χ0n) is 10.9. The Bertz CT molecular complexity index is 546. The van der Waals surface area contributed by atoms with Gasteiger partial charge in [0.25, 0.3) is 0 Å². The number of ether oxygens (including phenoxy) is 1. The molecule has 1 heterocycles. The Labute approximate surface area is 117 Å². The van der Waals surface area contributed by atoms with Gasteiger partial charge in [-0.15, -0.1) is 11.3 Å². The maximum Gasteiger partial charge on any atom is 0.119 e. The second kappa shape index (κ2) is 5.33. The van der Waals surface area contributed by atoms with E-state index in [1.54, 1.807) is 11.3 Å². The third-order valence-corrected chi connectivity index (χ3v) is 4.45. The number of nitrogens with one attached hydrogen (secondary N) is 1. The lowest BCUT2D eigenvalue weighted by atomic mass is 10.0. The molecular weight excluding hydrogens is 256 g/mol. The first-order chi connectivity index (χ1) is 9.28. The molecule has 1 saturated carbocycles. The maximum absolute atomic E-state index is 5.76. The third-order valence-electron chi connectivity index (χ3n) is 3.37. The lowest BCUT2D eigenvalue weighted by Gasteiger charge is -2.16. The Kier molecular flexibility index (Phi) is 3.55. The van der Waals surface area contributed by atoms with Gasteiger partial charge in [-0.3, -0.25) is 5.84 Å². The van der Waals surface area contributed by atoms with Crippen molar-refractivity contribution in [3.8, 4) is 5.75 Å². The van der Waals surface area contributed by atoms with Crippen molar-refractivity contribution in [1.82, 2.24) is 5.43 Å². The van der Waals surface area contributed by atoms with Crippen LogP contribution in [0.1, 0.15) is 34.9 Å². The molecule has 1 aromatic heterocycles. The highest BCUT2D eigenvalue weighted by Gasteiger charge is 2.23. The molecule has 0 spiro atoms. The number of hydrogen-bond donors (Lipinski definition) is 2. The van der Waals surface area contributed by atoms with Crippen molar-refractivity contribution in [2.45, 2.75) is 31.9 Å². The van der Waals surface area contributed by atoms with Gasteiger partial charge in [-0.05, 0) is 54.5 Å². The maximum atomic E-state index is 5.76. The molecule has 1 aromatic carbocycles. The molecule has 4 heteroatoms. The van der Waals surface area contributed by atoms with Gasteiger partial charge in [0, 0.05) is 4.88 Å². The van der Waals surface area contributed by atoms with Crippen LogP contribution in [0.3, 0.4) is 0 Å². The van der Waals surface area contributed by atoms with Crippen molar-refractivity contribution in [2.75, 3.05) is 0 Å². The summed E-state index contributed by atoms with van der Waals surface area (Å²) >= 11 is 1.73. The molecule has 2 aromatic rings. The fraction of sp³-hybridized carbons (Fsp3) is 0.333. The predicted molar refractivity (Wildman–Crippen MR) is 78.3 cm³/mol. The summed E-state index contributed by atoms with van der Waals surface area (Å²) in [6.07, 6.45) is 2.81. The van der Waals surface area contributed by atoms with Crippen LogP contribution in [0.5, 0.6) is 5.75 Å². The van der Waals surface area contributed by atoms with Gasteiger partial charge in [0.05, 0.1) is 12.1 Å². The Balaban J connectivity index is 1.81. The van der Waals surface area contributed by atoms with Crippen LogP contribution in [-0.2, 0) is 0 Å². The van der Waals surface area contributed by atoms with Crippen LogP contribution in [0, 0.1) is 6.92 Å². The lowest BCUT2D eigenvalue weighted by molar-refractivity contribution is 0.303. The Hall–Kier alpha value is -1.36. The van der Waals surface area contributed by atoms with E-state index in [-0.39, 0.29) is 6.04 Å². The summed E-state index contributed by atoms with van der Waals surface area (Å²) in [5.41, 5.74) is 5.34. The summed E-state index contributed by atoms with van der Waals surface area (Å²) < 4.78 is 5.76. The fourth-order valence-electron chi connectivity index (χ4n) is 2.12. The van der Waals surface area contributed by atoms with Crippen LogP contribution in [0.25, 0.3) is 0 Å². The average Bonchev–Trinajstić information content (AvgIpc) is 3.14. The highest BCUT2D eigenvalue weighted by atomic mass is 32.1. The van der Waals surface area contributed by atoms with Gasteiger partial charge < -0.3 is 4.74 Å². The molecule has 1 fully saturated rings. The van der Waals surface area contributed by atoms with Crippen molar-refractivity contribution < 1.29 is 4.74 Å². The van der Waals surface area contributed by atoms with Crippen LogP contribution in [0.4, 0.5) is 0 Å². The van der Waals surface area contributed by atoms with Crippen LogP contribution < -0.4 is 16.0 Å². The number of rotatable bonds is 5. The zero-order chi connectivity index (χ0) is 13.2. The largest absolute Gasteiger partial charge is 0.490 e. The topological polar surface area (TPSA) is 47.3 Å². The summed E-state index contributed by atoms with van der Waals surface area (Å²) in [5.74, 6) is 6.67. The molecule has 3 N–H and O–H groups in total. The molecule has 0 radical (unpaired) electrons. The highest BCUT2D eigenvalue weighted by molar-refractivity contribution is 7.10. The summed E-state index contributed by atoms with van der Waals surface area (Å²) in [7, 11) is 0. The monoisotopic (exact) mass is 274 g/mol. The number of benzene rings is 1. The molecule has 1 unspecified atom stereocenters. The molecule has 0 bridgehead atoms. The van der Waals surface area contributed by atoms with Crippen molar-refractivity contribution in [1.29, 1.82) is 0 Å². The van der Waals surface area contributed by atoms with E-state index in [9.17, 15) is 0 Å². The number of hydrogen-bond acceptors (Lipinski definition) is 4. The summed E-state index contributed by atoms with van der Waals surface area (Å²) in [6.45, 7) is 2.11. The van der Waals surface area contributed by atoms with Crippen molar-refractivity contribution in [3.63, 3.8) is 0 Å². The Morgan fingerprint density at radius 1 is 1.26 bits per heavy atom. The standard InChI is InChI=1S/C15H18N2OS/c1-10-8-9-19-15(10)14(17-16)11-2-4-12(5-3-11)18-13-6-7-13/h2-5,8-9,13-14,17H,6-7,16H2,1H3. The first-order valence-corrected chi connectivity index (χ1v) is 7.42. The quantitative estimate of drug-likeness (QED) is 0.650. The minimum atomic E-state index is 0.0509. The number of thiophene rings is 1. The van der Waals surface area contributed by atoms with Gasteiger partial charge in [-0.25, -0.2) is 5.43 Å². The van der Waals surface area contributed by atoms with Gasteiger partial charge >= 0.3 is 0 Å². The minimum Gasteiger partial charge on any atom is -0.490 e. The van der Waals surface area contributed by atoms with Crippen molar-refractivity contribution in [3.05, 3.63) is 51.7 Å². The van der Waals surface area contributed by atoms with Crippen molar-refractivity contribution >= 4 is 11.3 Å². The van der Waals surface area contributed by atoms with Gasteiger partial charge in [0.15, 0.2) is 0 Å². The average molecular weight is 274 g/mol. The van der Waals surface area contributed by atoms with Crippen LogP contribution in [0.2, 0.25) is 0 Å². The van der Waals surface area contributed by atoms with E-state index in [1.165, 1.54) is 23.3 Å². The molecule has 1 aliphatic rings. The van der Waals surface area contributed by atoms with E-state index in [0.717, 1.165) is 11.3 Å². The fourth-order valence-corrected chi connectivity index (χ4v) is 3.13. The summed E-state index contributed by atoms with van der Waals surface area (Å²) in [5, 5.41) is 2.10. The van der Waals surface area contributed by atoms with Gasteiger partial charge in [0.1, 0.15) is 5.75 Å². The van der Waals surface area contributed by atoms with Gasteiger partial charge in [-0.1, -0.05) is 12.1 Å². The second-order valence-electron chi connectivity index (χ2n) is 4.95. The smallest absolute Gasteiger partial charge is 0.119 e. The van der Waals surface area contributed by atoms with Gasteiger partial charge in [-0.2, -0.15) is 0 Å². The van der Waals surface area contributed by atoms with Gasteiger partial charge in [0.2, 0.25) is 0 Å². The number of hydrazine groups is 1. The molecule has 0 saturated heterocycles. The second-order valence-corrected chi connectivity index (χ2v) is 5.90. The first-order valence-electron chi connectivity index (χ1n) is 6.54. The van der Waals surface area contributed by atoms with E-state index >= 15 is 0 Å². The lowest BCUT2D eigenvalue weighted by Crippen LogP contribution is -2.28. The van der Waals surface area contributed by atoms with E-state index < -0.39 is 0 Å². The SMILES string of the molecule is Cc1ccsc1C(NN)c1ccc(OC2CC2)cc1. The predicted octanol–water partition coefficient (Wildman–Crippen LogP) is 3.15. The summed E-state index contributed by atoms with van der Waals surface area (Å²) in [6, 6.07) is 10.4. The number of aryl methyl sites for hydroxylation is 1. The van der Waals surface area contributed by atoms with Crippen molar-refractivity contribution in [2.24, 2.45) is 5.84 Å².